The van der Waals surface area contributed by atoms with Crippen LogP contribution in [0.5, 0.6) is 5.75 Å². The highest BCUT2D eigenvalue weighted by molar-refractivity contribution is 5.82. The van der Waals surface area contributed by atoms with Crippen LogP contribution < -0.4 is 0 Å². The molecule has 2 aromatic rings. The van der Waals surface area contributed by atoms with Crippen LogP contribution in [0.15, 0.2) is 48.5 Å². The smallest absolute Gasteiger partial charge is 0.256 e. The molecule has 0 aliphatic rings. The van der Waals surface area contributed by atoms with Crippen molar-refractivity contribution in [3.8, 4) is 5.75 Å². The van der Waals surface area contributed by atoms with Crippen molar-refractivity contribution in [3.63, 3.8) is 0 Å². The van der Waals surface area contributed by atoms with E-state index in [9.17, 15) is 19.4 Å². The minimum atomic E-state index is -1.49. The van der Waals surface area contributed by atoms with Gasteiger partial charge in [-0.15, -0.1) is 0 Å². The Bertz CT molecular complexity index is 673. The molecular weight excluding hydrogens is 309 g/mol. The molecule has 0 saturated heterocycles. The summed E-state index contributed by atoms with van der Waals surface area (Å²) in [5.74, 6) is -0.857. The largest absolute Gasteiger partial charge is 0.508 e. The number of hydrogen-bond donors (Lipinski definition) is 2. The normalized spacial score (nSPS) is 12.0. The van der Waals surface area contributed by atoms with Gasteiger partial charge in [0.15, 0.2) is 6.10 Å². The van der Waals surface area contributed by atoms with Crippen LogP contribution in [-0.2, 0) is 11.2 Å². The molecule has 0 aromatic heterocycles. The van der Waals surface area contributed by atoms with Crippen molar-refractivity contribution in [3.05, 3.63) is 65.5 Å². The average molecular weight is 331 g/mol. The zero-order chi connectivity index (χ0) is 17.5. The molecule has 0 saturated carbocycles. The molecule has 1 amide bonds. The zero-order valence-corrected chi connectivity index (χ0v) is 13.7. The van der Waals surface area contributed by atoms with Crippen LogP contribution in [0, 0.1) is 5.82 Å². The van der Waals surface area contributed by atoms with Crippen LogP contribution in [0.2, 0.25) is 0 Å². The molecule has 24 heavy (non-hydrogen) atoms. The third-order valence-corrected chi connectivity index (χ3v) is 3.96. The predicted octanol–water partition coefficient (Wildman–Crippen LogP) is 3.05. The van der Waals surface area contributed by atoms with Crippen molar-refractivity contribution >= 4 is 5.91 Å². The topological polar surface area (TPSA) is 60.8 Å². The van der Waals surface area contributed by atoms with Gasteiger partial charge in [0.1, 0.15) is 11.6 Å². The predicted molar refractivity (Wildman–Crippen MR) is 90.0 cm³/mol. The maximum atomic E-state index is 13.7. The summed E-state index contributed by atoms with van der Waals surface area (Å²) < 4.78 is 13.7. The van der Waals surface area contributed by atoms with E-state index in [-0.39, 0.29) is 11.3 Å². The molecule has 128 valence electrons. The van der Waals surface area contributed by atoms with Crippen LogP contribution in [0.25, 0.3) is 0 Å². The first-order valence-electron chi connectivity index (χ1n) is 8.02. The van der Waals surface area contributed by atoms with Crippen LogP contribution >= 0.6 is 0 Å². The number of likely N-dealkylation sites (N-methyl/N-ethyl adjacent to an activating group) is 1. The summed E-state index contributed by atoms with van der Waals surface area (Å²) in [5.41, 5.74) is 1.06. The summed E-state index contributed by atoms with van der Waals surface area (Å²) in [6.45, 7) is 2.74. The molecule has 0 fully saturated rings. The number of amides is 1. The fourth-order valence-corrected chi connectivity index (χ4v) is 2.56. The first-order chi connectivity index (χ1) is 11.5. The summed E-state index contributed by atoms with van der Waals surface area (Å²) in [5, 5.41) is 19.4. The molecule has 2 rings (SSSR count). The van der Waals surface area contributed by atoms with E-state index >= 15 is 0 Å². The first-order valence-corrected chi connectivity index (χ1v) is 8.02. The Morgan fingerprint density at radius 3 is 2.46 bits per heavy atom. The lowest BCUT2D eigenvalue weighted by atomic mass is 10.1. The van der Waals surface area contributed by atoms with E-state index in [0.29, 0.717) is 19.5 Å². The number of phenolic OH excluding ortho intramolecular Hbond substituents is 1. The van der Waals surface area contributed by atoms with E-state index in [1.165, 1.54) is 23.1 Å². The van der Waals surface area contributed by atoms with Crippen LogP contribution in [0.1, 0.15) is 30.6 Å². The van der Waals surface area contributed by atoms with Gasteiger partial charge in [-0.3, -0.25) is 4.79 Å². The number of rotatable bonds is 7. The molecule has 0 aliphatic heterocycles. The van der Waals surface area contributed by atoms with Crippen molar-refractivity contribution in [1.29, 1.82) is 0 Å². The Morgan fingerprint density at radius 1 is 1.17 bits per heavy atom. The van der Waals surface area contributed by atoms with Gasteiger partial charge < -0.3 is 15.1 Å². The maximum Gasteiger partial charge on any atom is 0.256 e. The number of phenols is 1. The number of aromatic hydroxyl groups is 1. The Balaban J connectivity index is 1.93. The van der Waals surface area contributed by atoms with Crippen molar-refractivity contribution in [2.45, 2.75) is 25.9 Å². The number of aliphatic hydroxyl groups excluding tert-OH is 1. The minimum absolute atomic E-state index is 0.000477. The number of carbonyl (C=O) groups is 1. The molecule has 2 N–H and O–H groups in total. The highest BCUT2D eigenvalue weighted by atomic mass is 19.1. The molecule has 5 heteroatoms. The molecular formula is C19H22FNO3. The molecule has 0 bridgehead atoms. The fraction of sp³-hybridized carbons (Fsp3) is 0.316. The highest BCUT2D eigenvalue weighted by Gasteiger charge is 2.24. The summed E-state index contributed by atoms with van der Waals surface area (Å²) in [4.78, 5) is 13.9. The van der Waals surface area contributed by atoms with E-state index in [0.717, 1.165) is 12.0 Å². The molecule has 0 radical (unpaired) electrons. The lowest BCUT2D eigenvalue weighted by Gasteiger charge is -2.24. The van der Waals surface area contributed by atoms with Crippen molar-refractivity contribution in [2.75, 3.05) is 13.1 Å². The quantitative estimate of drug-likeness (QED) is 0.820. The van der Waals surface area contributed by atoms with E-state index in [1.807, 2.05) is 19.1 Å². The van der Waals surface area contributed by atoms with Gasteiger partial charge in [-0.2, -0.15) is 0 Å². The van der Waals surface area contributed by atoms with Gasteiger partial charge in [0, 0.05) is 18.7 Å². The van der Waals surface area contributed by atoms with Crippen molar-refractivity contribution < 1.29 is 19.4 Å². The Hall–Kier alpha value is -2.40. The van der Waals surface area contributed by atoms with Crippen molar-refractivity contribution in [1.82, 2.24) is 4.90 Å². The second-order valence-electron chi connectivity index (χ2n) is 5.61. The van der Waals surface area contributed by atoms with Gasteiger partial charge in [-0.05, 0) is 43.5 Å². The van der Waals surface area contributed by atoms with Gasteiger partial charge in [0.2, 0.25) is 0 Å². The molecule has 1 atom stereocenters. The maximum absolute atomic E-state index is 13.7. The molecule has 0 spiro atoms. The third-order valence-electron chi connectivity index (χ3n) is 3.96. The average Bonchev–Trinajstić information content (AvgIpc) is 2.59. The van der Waals surface area contributed by atoms with Gasteiger partial charge in [-0.25, -0.2) is 4.39 Å². The van der Waals surface area contributed by atoms with Gasteiger partial charge >= 0.3 is 0 Å². The minimum Gasteiger partial charge on any atom is -0.508 e. The second kappa shape index (κ2) is 8.45. The number of nitrogens with zero attached hydrogens (tertiary/aromatic N) is 1. The Kier molecular flexibility index (Phi) is 6.32. The van der Waals surface area contributed by atoms with E-state index in [2.05, 4.69) is 0 Å². The monoisotopic (exact) mass is 331 g/mol. The lowest BCUT2D eigenvalue weighted by molar-refractivity contribution is -0.140. The second-order valence-corrected chi connectivity index (χ2v) is 5.61. The van der Waals surface area contributed by atoms with Crippen LogP contribution in [0.4, 0.5) is 4.39 Å². The highest BCUT2D eigenvalue weighted by Crippen LogP contribution is 2.19. The molecule has 0 heterocycles. The summed E-state index contributed by atoms with van der Waals surface area (Å²) in [6, 6.07) is 12.7. The molecule has 2 aromatic carbocycles. The number of aryl methyl sites for hydroxylation is 1. The number of aliphatic hydroxyl groups is 1. The third kappa shape index (κ3) is 4.55. The SMILES string of the molecule is CCN(CCCc1ccc(O)cc1)C(=O)[C@@H](O)c1ccccc1F. The van der Waals surface area contributed by atoms with E-state index in [1.54, 1.807) is 18.2 Å². The summed E-state index contributed by atoms with van der Waals surface area (Å²) >= 11 is 0. The molecule has 0 unspecified atom stereocenters. The van der Waals surface area contributed by atoms with E-state index < -0.39 is 17.8 Å². The van der Waals surface area contributed by atoms with Crippen LogP contribution in [0.3, 0.4) is 0 Å². The first kappa shape index (κ1) is 17.9. The van der Waals surface area contributed by atoms with Gasteiger partial charge in [0.05, 0.1) is 0 Å². The Labute approximate surface area is 141 Å². The number of hydrogen-bond acceptors (Lipinski definition) is 3. The lowest BCUT2D eigenvalue weighted by Crippen LogP contribution is -2.36. The molecule has 4 nitrogen and oxygen atoms in total. The zero-order valence-electron chi connectivity index (χ0n) is 13.7. The van der Waals surface area contributed by atoms with Crippen molar-refractivity contribution in [2.24, 2.45) is 0 Å². The van der Waals surface area contributed by atoms with Gasteiger partial charge in [-0.1, -0.05) is 30.3 Å². The molecule has 0 aliphatic carbocycles. The number of halogens is 1. The summed E-state index contributed by atoms with van der Waals surface area (Å²) in [6.07, 6.45) is -0.0198. The number of carbonyl (C=O) groups excluding carboxylic acids is 1. The number of benzene rings is 2. The standard InChI is InChI=1S/C19H22FNO3/c1-2-21(13-5-6-14-9-11-15(22)12-10-14)19(24)18(23)16-7-3-4-8-17(16)20/h3-4,7-12,18,22-23H,2,5-6,13H2,1H3/t18-/m0/s1. The van der Waals surface area contributed by atoms with E-state index in [4.69, 9.17) is 0 Å². The van der Waals surface area contributed by atoms with Gasteiger partial charge in [0.25, 0.3) is 5.91 Å². The van der Waals surface area contributed by atoms with Crippen LogP contribution in [-0.4, -0.2) is 34.1 Å². The fourth-order valence-electron chi connectivity index (χ4n) is 2.56. The summed E-state index contributed by atoms with van der Waals surface area (Å²) in [7, 11) is 0. The Morgan fingerprint density at radius 2 is 1.83 bits per heavy atom.